The third-order valence-corrected chi connectivity index (χ3v) is 9.32. The maximum Gasteiger partial charge on any atom is 0.249 e. The Kier molecular flexibility index (Phi) is 6.44. The highest BCUT2D eigenvalue weighted by Crippen LogP contribution is 2.46. The number of benzene rings is 2. The Balaban J connectivity index is 1.27. The lowest BCUT2D eigenvalue weighted by Gasteiger charge is -2.33. The van der Waals surface area contributed by atoms with Gasteiger partial charge < -0.3 is 14.9 Å². The Labute approximate surface area is 266 Å². The number of amides is 1. The number of carbonyl (C=O) groups excluding carboxylic acids is 1. The van der Waals surface area contributed by atoms with E-state index >= 15 is 4.39 Å². The number of hydrogen-bond donors (Lipinski definition) is 3. The summed E-state index contributed by atoms with van der Waals surface area (Å²) in [4.78, 5) is 18.3. The van der Waals surface area contributed by atoms with Gasteiger partial charge in [-0.25, -0.2) is 9.82 Å². The molecule has 4 aliphatic rings. The topological polar surface area (TPSA) is 150 Å². The van der Waals surface area contributed by atoms with Crippen LogP contribution in [-0.4, -0.2) is 54.0 Å². The Morgan fingerprint density at radius 1 is 1.17 bits per heavy atom. The van der Waals surface area contributed by atoms with E-state index in [0.29, 0.717) is 27.8 Å². The first kappa shape index (κ1) is 28.3. The van der Waals surface area contributed by atoms with Gasteiger partial charge in [0.1, 0.15) is 23.4 Å². The fraction of sp³-hybridized carbons (Fsp3) is 0.303. The highest BCUT2D eigenvalue weighted by molar-refractivity contribution is 6.31. The predicted octanol–water partition coefficient (Wildman–Crippen LogP) is 4.97. The molecule has 8 rings (SSSR count). The summed E-state index contributed by atoms with van der Waals surface area (Å²) in [5.74, 6) is -1.67. The molecule has 2 aliphatic carbocycles. The molecule has 0 bridgehead atoms. The average molecular weight is 640 g/mol. The maximum atomic E-state index is 15.9. The molecule has 2 aliphatic heterocycles. The van der Waals surface area contributed by atoms with Crippen molar-refractivity contribution in [2.75, 3.05) is 0 Å². The van der Waals surface area contributed by atoms with E-state index in [2.05, 4.69) is 21.7 Å². The Morgan fingerprint density at radius 3 is 2.54 bits per heavy atom. The number of rotatable bonds is 7. The van der Waals surface area contributed by atoms with Gasteiger partial charge in [-0.3, -0.25) is 19.0 Å². The Bertz CT molecular complexity index is 2080. The van der Waals surface area contributed by atoms with Gasteiger partial charge >= 0.3 is 0 Å². The minimum absolute atomic E-state index is 0.00394. The molecule has 4 aromatic rings. The fourth-order valence-corrected chi connectivity index (χ4v) is 6.67. The Morgan fingerprint density at radius 2 is 1.89 bits per heavy atom. The van der Waals surface area contributed by atoms with Crippen LogP contribution in [0.1, 0.15) is 36.8 Å². The second-order valence-corrected chi connectivity index (χ2v) is 12.5. The first-order valence-corrected chi connectivity index (χ1v) is 15.4. The number of hydrazone groups is 1. The van der Waals surface area contributed by atoms with Crippen LogP contribution in [0.2, 0.25) is 5.02 Å². The number of dihydropyridines is 1. The van der Waals surface area contributed by atoms with Crippen molar-refractivity contribution in [1.29, 1.82) is 5.26 Å². The third-order valence-electron chi connectivity index (χ3n) is 9.04. The average Bonchev–Trinajstić information content (AvgIpc) is 3.99. The molecule has 11 nitrogen and oxygen atoms in total. The van der Waals surface area contributed by atoms with Crippen LogP contribution < -0.4 is 10.2 Å². The van der Waals surface area contributed by atoms with Crippen molar-refractivity contribution in [1.82, 2.24) is 19.8 Å². The number of nitrogens with one attached hydrogen (secondary N) is 1. The maximum absolute atomic E-state index is 15.9. The molecular weight excluding hydrogens is 613 g/mol. The van der Waals surface area contributed by atoms with E-state index in [1.165, 1.54) is 15.3 Å². The van der Waals surface area contributed by atoms with Gasteiger partial charge in [0.15, 0.2) is 5.82 Å². The standard InChI is InChI=1S/C33H27ClFN7O4/c1-41-30(26-20(12-36)25(46-16-8-9-16)11-22(34)28(26)35)21(13-37-41)23-10-19(15-6-7-15)27-29(38-23)24(39-40-31(27)43)14-42-32(44)17-4-2-3-5-18(17)33(42)45/h2-5,10-11,13,15-16,27,29,44-45H,6-9,14H2,1H3,(H,40,43). The zero-order valence-corrected chi connectivity index (χ0v) is 25.3. The third kappa shape index (κ3) is 4.45. The van der Waals surface area contributed by atoms with Crippen molar-refractivity contribution < 1.29 is 24.1 Å². The molecule has 0 saturated heterocycles. The van der Waals surface area contributed by atoms with Crippen molar-refractivity contribution in [3.63, 3.8) is 0 Å². The molecule has 2 aromatic heterocycles. The monoisotopic (exact) mass is 639 g/mol. The summed E-state index contributed by atoms with van der Waals surface area (Å²) in [6, 6.07) is 9.59. The normalized spacial score (nSPS) is 20.8. The molecule has 2 atom stereocenters. The molecule has 2 fully saturated rings. The van der Waals surface area contributed by atoms with Crippen molar-refractivity contribution in [2.45, 2.75) is 44.4 Å². The van der Waals surface area contributed by atoms with Gasteiger partial charge in [-0.1, -0.05) is 23.7 Å². The largest absolute Gasteiger partial charge is 0.494 e. The highest BCUT2D eigenvalue weighted by Gasteiger charge is 2.46. The molecule has 232 valence electrons. The number of ether oxygens (including phenoxy) is 1. The molecule has 0 spiro atoms. The first-order chi connectivity index (χ1) is 22.2. The number of aryl methyl sites for hydroxylation is 1. The summed E-state index contributed by atoms with van der Waals surface area (Å²) in [6.07, 6.45) is 6.83. The summed E-state index contributed by atoms with van der Waals surface area (Å²) in [5.41, 5.74) is 5.02. The van der Waals surface area contributed by atoms with Gasteiger partial charge in [-0.2, -0.15) is 15.5 Å². The van der Waals surface area contributed by atoms with Crippen molar-refractivity contribution in [3.8, 4) is 34.8 Å². The number of aliphatic imine (C=N–C) groups is 1. The van der Waals surface area contributed by atoms with Gasteiger partial charge in [-0.05, 0) is 55.4 Å². The van der Waals surface area contributed by atoms with E-state index in [-0.39, 0.29) is 63.8 Å². The van der Waals surface area contributed by atoms with E-state index in [9.17, 15) is 20.3 Å². The number of nitrogens with zero attached hydrogens (tertiary/aromatic N) is 6. The predicted molar refractivity (Wildman–Crippen MR) is 167 cm³/mol. The first-order valence-electron chi connectivity index (χ1n) is 15.0. The number of aromatic hydroxyl groups is 2. The fourth-order valence-electron chi connectivity index (χ4n) is 6.47. The molecule has 2 aromatic carbocycles. The molecular formula is C33H27ClFN7O4. The number of nitriles is 1. The summed E-state index contributed by atoms with van der Waals surface area (Å²) < 4.78 is 24.7. The zero-order valence-electron chi connectivity index (χ0n) is 24.5. The second kappa shape index (κ2) is 10.5. The molecule has 4 heterocycles. The van der Waals surface area contributed by atoms with Crippen molar-refractivity contribution in [2.24, 2.45) is 29.0 Å². The Hall–Kier alpha value is -5.15. The lowest BCUT2D eigenvalue weighted by Crippen LogP contribution is -2.48. The minimum atomic E-state index is -0.782. The van der Waals surface area contributed by atoms with Crippen LogP contribution in [0.5, 0.6) is 17.5 Å². The van der Waals surface area contributed by atoms with Crippen LogP contribution in [0.25, 0.3) is 22.0 Å². The van der Waals surface area contributed by atoms with Crippen LogP contribution >= 0.6 is 11.6 Å². The molecule has 13 heteroatoms. The van der Waals surface area contributed by atoms with E-state index in [4.69, 9.17) is 21.3 Å². The molecule has 46 heavy (non-hydrogen) atoms. The van der Waals surface area contributed by atoms with Crippen LogP contribution in [0.15, 0.2) is 58.3 Å². The highest BCUT2D eigenvalue weighted by atomic mass is 35.5. The van der Waals surface area contributed by atoms with Gasteiger partial charge in [0.05, 0.1) is 52.5 Å². The molecule has 2 saturated carbocycles. The number of fused-ring (bicyclic) bond motifs is 2. The smallest absolute Gasteiger partial charge is 0.249 e. The summed E-state index contributed by atoms with van der Waals surface area (Å²) >= 11 is 6.35. The van der Waals surface area contributed by atoms with Crippen LogP contribution in [-0.2, 0) is 18.4 Å². The number of aromatic nitrogens is 3. The lowest BCUT2D eigenvalue weighted by atomic mass is 9.80. The van der Waals surface area contributed by atoms with Gasteiger partial charge in [0.25, 0.3) is 0 Å². The lowest BCUT2D eigenvalue weighted by molar-refractivity contribution is -0.124. The SMILES string of the molecule is Cn1ncc(C2=NC3C(Cn4c(O)c5ccccc5c4O)=NNC(=O)C3C(C3CC3)=C2)c1-c1c(F)c(Cl)cc(OC2CC2)c1C#N. The zero-order chi connectivity index (χ0) is 31.9. The summed E-state index contributed by atoms with van der Waals surface area (Å²) in [6.45, 7) is -0.0498. The molecule has 3 N–H and O–H groups in total. The van der Waals surface area contributed by atoms with Crippen LogP contribution in [0.3, 0.4) is 0 Å². The summed E-state index contributed by atoms with van der Waals surface area (Å²) in [7, 11) is 1.64. The van der Waals surface area contributed by atoms with E-state index < -0.39 is 17.8 Å². The quantitative estimate of drug-likeness (QED) is 0.260. The minimum Gasteiger partial charge on any atom is -0.494 e. The van der Waals surface area contributed by atoms with E-state index in [1.54, 1.807) is 37.5 Å². The number of hydrogen-bond acceptors (Lipinski definition) is 8. The molecule has 0 radical (unpaired) electrons. The van der Waals surface area contributed by atoms with Crippen LogP contribution in [0.4, 0.5) is 4.39 Å². The van der Waals surface area contributed by atoms with Crippen molar-refractivity contribution in [3.05, 3.63) is 70.1 Å². The molecule has 2 unspecified atom stereocenters. The number of halogens is 2. The van der Waals surface area contributed by atoms with E-state index in [1.807, 2.05) is 6.08 Å². The number of carbonyl (C=O) groups is 1. The van der Waals surface area contributed by atoms with Gasteiger partial charge in [-0.15, -0.1) is 0 Å². The van der Waals surface area contributed by atoms with Crippen LogP contribution in [0, 0.1) is 29.0 Å². The van der Waals surface area contributed by atoms with Gasteiger partial charge in [0.2, 0.25) is 17.7 Å². The number of allylic oxidation sites excluding steroid dienone is 1. The van der Waals surface area contributed by atoms with E-state index in [0.717, 1.165) is 31.3 Å². The molecule has 1 amide bonds. The summed E-state index contributed by atoms with van der Waals surface area (Å²) in [5, 5.41) is 41.7. The van der Waals surface area contributed by atoms with Gasteiger partial charge in [0, 0.05) is 29.4 Å². The second-order valence-electron chi connectivity index (χ2n) is 12.1. The van der Waals surface area contributed by atoms with Crippen molar-refractivity contribution >= 4 is 39.7 Å².